The van der Waals surface area contributed by atoms with Gasteiger partial charge in [0.05, 0.1) is 31.3 Å². The predicted molar refractivity (Wildman–Crippen MR) is 154 cm³/mol. The fraction of sp³-hybridized carbons (Fsp3) is 0.370. The number of phenolic OH excluding ortho intramolecular Hbond substituents is 1. The molecule has 0 unspecified atom stereocenters. The highest BCUT2D eigenvalue weighted by Gasteiger charge is 2.24. The molecule has 0 radical (unpaired) electrons. The van der Waals surface area contributed by atoms with E-state index in [9.17, 15) is 14.5 Å². The first-order chi connectivity index (χ1) is 18.6. The number of hydrogen-bond donors (Lipinski definition) is 3. The Morgan fingerprint density at radius 3 is 2.69 bits per heavy atom. The van der Waals surface area contributed by atoms with Gasteiger partial charge in [0.15, 0.2) is 5.82 Å². The molecule has 0 fully saturated rings. The summed E-state index contributed by atoms with van der Waals surface area (Å²) >= 11 is 6.38. The van der Waals surface area contributed by atoms with E-state index in [4.69, 9.17) is 21.1 Å². The number of anilines is 4. The molecule has 0 aliphatic carbocycles. The number of ether oxygens (including phenoxy) is 2. The number of phenols is 1. The van der Waals surface area contributed by atoms with E-state index in [0.717, 1.165) is 24.0 Å². The lowest BCUT2D eigenvalue weighted by Crippen LogP contribution is -2.36. The molecule has 12 heteroatoms. The molecule has 39 heavy (non-hydrogen) atoms. The van der Waals surface area contributed by atoms with Crippen molar-refractivity contribution in [3.63, 3.8) is 0 Å². The number of amides is 1. The first-order valence-corrected chi connectivity index (χ1v) is 15.6. The number of carbonyl (C=O) groups is 1. The maximum Gasteiger partial charge on any atom is 0.410 e. The molecular weight excluding hydrogens is 541 g/mol. The monoisotopic (exact) mass is 573 g/mol. The first kappa shape index (κ1) is 28.5. The average molecular weight is 574 g/mol. The number of methoxy groups -OCH3 is 1. The van der Waals surface area contributed by atoms with Gasteiger partial charge in [-0.25, -0.2) is 9.78 Å². The molecule has 0 saturated heterocycles. The molecule has 0 bridgehead atoms. The molecule has 10 nitrogen and oxygen atoms in total. The smallest absolute Gasteiger partial charge is 0.410 e. The molecule has 2 heterocycles. The molecule has 3 aromatic rings. The van der Waals surface area contributed by atoms with Crippen LogP contribution in [0.25, 0.3) is 0 Å². The van der Waals surface area contributed by atoms with E-state index in [1.807, 2.05) is 12.1 Å². The number of nitrogens with zero attached hydrogens (tertiary/aromatic N) is 3. The van der Waals surface area contributed by atoms with Crippen LogP contribution in [0.2, 0.25) is 5.02 Å². The quantitative estimate of drug-likeness (QED) is 0.163. The molecule has 1 aliphatic heterocycles. The van der Waals surface area contributed by atoms with Crippen molar-refractivity contribution in [3.05, 3.63) is 52.7 Å². The van der Waals surface area contributed by atoms with Gasteiger partial charge >= 0.3 is 6.09 Å². The van der Waals surface area contributed by atoms with Crippen LogP contribution in [0.3, 0.4) is 0 Å². The normalized spacial score (nSPS) is 13.0. The summed E-state index contributed by atoms with van der Waals surface area (Å²) in [6.07, 6.45) is 3.63. The minimum absolute atomic E-state index is 0.0166. The van der Waals surface area contributed by atoms with E-state index >= 15 is 0 Å². The second-order valence-corrected chi connectivity index (χ2v) is 13.2. The SMILES string of the molecule is CCCCOC(=O)N1CCc2cc(OC)c(Nc3ncc(Cl)c(Nc4ccc(O)cc4P(C)(C)=O)n3)cc2C1. The molecule has 1 amide bonds. The van der Waals surface area contributed by atoms with E-state index in [-0.39, 0.29) is 22.8 Å². The maximum absolute atomic E-state index is 12.8. The van der Waals surface area contributed by atoms with Crippen LogP contribution in [0.4, 0.5) is 27.9 Å². The molecular formula is C27H33ClN5O5P. The highest BCUT2D eigenvalue weighted by molar-refractivity contribution is 7.70. The summed E-state index contributed by atoms with van der Waals surface area (Å²) in [5, 5.41) is 17.0. The number of nitrogens with one attached hydrogen (secondary N) is 2. The van der Waals surface area contributed by atoms with Crippen molar-refractivity contribution >= 4 is 53.3 Å². The molecule has 0 atom stereocenters. The van der Waals surface area contributed by atoms with Crippen molar-refractivity contribution in [2.24, 2.45) is 0 Å². The molecule has 0 saturated carbocycles. The second kappa shape index (κ2) is 12.1. The third kappa shape index (κ3) is 6.94. The molecule has 0 spiro atoms. The number of aromatic nitrogens is 2. The fourth-order valence-electron chi connectivity index (χ4n) is 4.24. The van der Waals surface area contributed by atoms with Gasteiger partial charge in [-0.3, -0.25) is 0 Å². The molecule has 1 aromatic heterocycles. The Hall–Kier alpha value is -3.49. The molecule has 3 N–H and O–H groups in total. The minimum atomic E-state index is -2.72. The van der Waals surface area contributed by atoms with Gasteiger partial charge < -0.3 is 34.7 Å². The van der Waals surface area contributed by atoms with E-state index in [2.05, 4.69) is 27.5 Å². The summed E-state index contributed by atoms with van der Waals surface area (Å²) in [6.45, 7) is 6.70. The summed E-state index contributed by atoms with van der Waals surface area (Å²) < 4.78 is 23.8. The highest BCUT2D eigenvalue weighted by Crippen LogP contribution is 2.40. The predicted octanol–water partition coefficient (Wildman–Crippen LogP) is 5.87. The van der Waals surface area contributed by atoms with Crippen LogP contribution >= 0.6 is 18.7 Å². The molecule has 2 aromatic carbocycles. The van der Waals surface area contributed by atoms with Crippen LogP contribution in [0.1, 0.15) is 30.9 Å². The summed E-state index contributed by atoms with van der Waals surface area (Å²) in [5.74, 6) is 1.18. The van der Waals surface area contributed by atoms with Crippen LogP contribution < -0.4 is 20.7 Å². The van der Waals surface area contributed by atoms with Crippen molar-refractivity contribution in [2.75, 3.05) is 44.2 Å². The van der Waals surface area contributed by atoms with Crippen molar-refractivity contribution in [3.8, 4) is 11.5 Å². The van der Waals surface area contributed by atoms with Crippen LogP contribution in [0.5, 0.6) is 11.5 Å². The van der Waals surface area contributed by atoms with Gasteiger partial charge in [-0.1, -0.05) is 24.9 Å². The average Bonchev–Trinajstić information content (AvgIpc) is 2.90. The Morgan fingerprint density at radius 2 is 1.97 bits per heavy atom. The zero-order valence-electron chi connectivity index (χ0n) is 22.5. The van der Waals surface area contributed by atoms with Crippen LogP contribution in [0, 0.1) is 0 Å². The zero-order valence-corrected chi connectivity index (χ0v) is 24.1. The number of unbranched alkanes of at least 4 members (excludes halogenated alkanes) is 1. The van der Waals surface area contributed by atoms with E-state index in [1.165, 1.54) is 18.3 Å². The first-order valence-electron chi connectivity index (χ1n) is 12.7. The van der Waals surface area contributed by atoms with E-state index < -0.39 is 7.14 Å². The van der Waals surface area contributed by atoms with Gasteiger partial charge in [0.25, 0.3) is 0 Å². The van der Waals surface area contributed by atoms with Crippen LogP contribution in [-0.4, -0.2) is 59.7 Å². The number of fused-ring (bicyclic) bond motifs is 1. The lowest BCUT2D eigenvalue weighted by atomic mass is 9.98. The summed E-state index contributed by atoms with van der Waals surface area (Å²) in [7, 11) is -1.14. The van der Waals surface area contributed by atoms with E-state index in [0.29, 0.717) is 54.4 Å². The molecule has 1 aliphatic rings. The van der Waals surface area contributed by atoms with Gasteiger partial charge in [0.2, 0.25) is 5.95 Å². The zero-order chi connectivity index (χ0) is 28.2. The Kier molecular flexibility index (Phi) is 8.87. The van der Waals surface area contributed by atoms with Crippen molar-refractivity contribution < 1.29 is 23.9 Å². The van der Waals surface area contributed by atoms with Crippen molar-refractivity contribution in [1.82, 2.24) is 14.9 Å². The standard InChI is InChI=1S/C27H33ClN5O5P/c1-5-6-11-38-27(35)33-10-9-17-13-23(37-2)22(12-18(17)16-33)31-26-29-15-20(28)25(32-26)30-21-8-7-19(34)14-24(21)39(3,4)36/h7-8,12-15,34H,5-6,9-11,16H2,1-4H3,(H2,29,30,31,32). The van der Waals surface area contributed by atoms with Gasteiger partial charge in [0, 0.05) is 18.4 Å². The van der Waals surface area contributed by atoms with Crippen LogP contribution in [0.15, 0.2) is 36.5 Å². The molecule has 4 rings (SSSR count). The lowest BCUT2D eigenvalue weighted by Gasteiger charge is -2.29. The number of carbonyl (C=O) groups excluding carboxylic acids is 1. The largest absolute Gasteiger partial charge is 0.508 e. The highest BCUT2D eigenvalue weighted by atomic mass is 35.5. The number of aromatic hydroxyl groups is 1. The second-order valence-electron chi connectivity index (χ2n) is 9.65. The third-order valence-corrected chi connectivity index (χ3v) is 8.13. The Labute approximate surface area is 233 Å². The summed E-state index contributed by atoms with van der Waals surface area (Å²) in [6, 6.07) is 8.47. The lowest BCUT2D eigenvalue weighted by molar-refractivity contribution is 0.0966. The number of benzene rings is 2. The Bertz CT molecular complexity index is 1410. The van der Waals surface area contributed by atoms with E-state index in [1.54, 1.807) is 31.4 Å². The number of hydrogen-bond acceptors (Lipinski definition) is 9. The van der Waals surface area contributed by atoms with Gasteiger partial charge in [-0.2, -0.15) is 4.98 Å². The Balaban J connectivity index is 1.58. The number of halogens is 1. The third-order valence-electron chi connectivity index (χ3n) is 6.32. The maximum atomic E-state index is 12.8. The van der Waals surface area contributed by atoms with Gasteiger partial charge in [-0.05, 0) is 67.6 Å². The van der Waals surface area contributed by atoms with Crippen molar-refractivity contribution in [1.29, 1.82) is 0 Å². The number of rotatable bonds is 9. The topological polar surface area (TPSA) is 126 Å². The van der Waals surface area contributed by atoms with Gasteiger partial charge in [0.1, 0.15) is 23.7 Å². The summed E-state index contributed by atoms with van der Waals surface area (Å²) in [4.78, 5) is 23.0. The summed E-state index contributed by atoms with van der Waals surface area (Å²) in [5.41, 5.74) is 3.21. The molecule has 208 valence electrons. The van der Waals surface area contributed by atoms with Crippen molar-refractivity contribution in [2.45, 2.75) is 32.7 Å². The van der Waals surface area contributed by atoms with Gasteiger partial charge in [-0.15, -0.1) is 0 Å². The minimum Gasteiger partial charge on any atom is -0.508 e. The van der Waals surface area contributed by atoms with Crippen LogP contribution in [-0.2, 0) is 22.3 Å². The fourth-order valence-corrected chi connectivity index (χ4v) is 5.53. The Morgan fingerprint density at radius 1 is 1.18 bits per heavy atom.